The lowest BCUT2D eigenvalue weighted by molar-refractivity contribution is 0.303. The largest absolute Gasteiger partial charge is 0.491 e. The van der Waals surface area contributed by atoms with Crippen molar-refractivity contribution >= 4 is 0 Å². The lowest BCUT2D eigenvalue weighted by atomic mass is 9.77. The third kappa shape index (κ3) is 5.93. The van der Waals surface area contributed by atoms with Crippen molar-refractivity contribution in [2.45, 2.75) is 77.0 Å². The standard InChI is InChI=1S/C26H36F2O/c1-3-19-9-11-20(12-10-19)7-5-6-8-21-13-15-22(16-14-21)23-17-18-24(29-4-2)26(28)25(23)27/h3,5-6,17-22H,1,4,7-16H2,2H3. The molecule has 0 N–H and O–H groups in total. The predicted octanol–water partition coefficient (Wildman–Crippen LogP) is 7.97. The zero-order valence-corrected chi connectivity index (χ0v) is 17.8. The van der Waals surface area contributed by atoms with Gasteiger partial charge in [0.2, 0.25) is 5.82 Å². The third-order valence-electron chi connectivity index (χ3n) is 6.99. The summed E-state index contributed by atoms with van der Waals surface area (Å²) in [6.07, 6.45) is 18.5. The van der Waals surface area contributed by atoms with Crippen molar-refractivity contribution in [3.63, 3.8) is 0 Å². The van der Waals surface area contributed by atoms with Gasteiger partial charge in [0.25, 0.3) is 0 Å². The van der Waals surface area contributed by atoms with Crippen LogP contribution in [0.1, 0.15) is 82.6 Å². The highest BCUT2D eigenvalue weighted by molar-refractivity contribution is 5.33. The van der Waals surface area contributed by atoms with Crippen molar-refractivity contribution in [3.8, 4) is 5.75 Å². The van der Waals surface area contributed by atoms with Crippen LogP contribution in [0.5, 0.6) is 5.75 Å². The van der Waals surface area contributed by atoms with Gasteiger partial charge < -0.3 is 4.74 Å². The highest BCUT2D eigenvalue weighted by atomic mass is 19.2. The van der Waals surface area contributed by atoms with Crippen molar-refractivity contribution in [2.75, 3.05) is 6.61 Å². The van der Waals surface area contributed by atoms with E-state index in [-0.39, 0.29) is 11.7 Å². The maximum absolute atomic E-state index is 14.5. The summed E-state index contributed by atoms with van der Waals surface area (Å²) >= 11 is 0. The molecule has 2 fully saturated rings. The van der Waals surface area contributed by atoms with Gasteiger partial charge in [-0.1, -0.05) is 24.3 Å². The molecule has 3 heteroatoms. The Hall–Kier alpha value is -1.64. The molecule has 0 aliphatic heterocycles. The number of allylic oxidation sites excluding steroid dienone is 3. The zero-order valence-electron chi connectivity index (χ0n) is 17.8. The molecule has 2 saturated carbocycles. The fourth-order valence-electron chi connectivity index (χ4n) is 5.08. The van der Waals surface area contributed by atoms with Crippen molar-refractivity contribution in [1.82, 2.24) is 0 Å². The van der Waals surface area contributed by atoms with Crippen molar-refractivity contribution in [3.05, 3.63) is 54.1 Å². The second-order valence-corrected chi connectivity index (χ2v) is 8.89. The van der Waals surface area contributed by atoms with Gasteiger partial charge in [0.1, 0.15) is 0 Å². The van der Waals surface area contributed by atoms with E-state index in [2.05, 4.69) is 24.8 Å². The highest BCUT2D eigenvalue weighted by Gasteiger charge is 2.26. The van der Waals surface area contributed by atoms with Crippen LogP contribution in [0, 0.1) is 29.4 Å². The van der Waals surface area contributed by atoms with Crippen LogP contribution in [-0.2, 0) is 0 Å². The number of ether oxygens (including phenoxy) is 1. The molecule has 0 atom stereocenters. The lowest BCUT2D eigenvalue weighted by Crippen LogP contribution is -2.15. The number of hydrogen-bond donors (Lipinski definition) is 0. The highest BCUT2D eigenvalue weighted by Crippen LogP contribution is 2.40. The van der Waals surface area contributed by atoms with Gasteiger partial charge in [-0.05, 0) is 106 Å². The predicted molar refractivity (Wildman–Crippen MR) is 116 cm³/mol. The fourth-order valence-corrected chi connectivity index (χ4v) is 5.08. The molecule has 0 bridgehead atoms. The van der Waals surface area contributed by atoms with E-state index in [0.717, 1.165) is 43.9 Å². The van der Waals surface area contributed by atoms with Crippen molar-refractivity contribution in [1.29, 1.82) is 0 Å². The Balaban J connectivity index is 1.42. The topological polar surface area (TPSA) is 9.23 Å². The molecule has 1 aromatic rings. The lowest BCUT2D eigenvalue weighted by Gasteiger charge is -2.29. The Bertz CT molecular complexity index is 680. The summed E-state index contributed by atoms with van der Waals surface area (Å²) in [4.78, 5) is 0. The molecule has 0 unspecified atom stereocenters. The average Bonchev–Trinajstić information content (AvgIpc) is 2.76. The molecule has 1 aromatic carbocycles. The van der Waals surface area contributed by atoms with Crippen molar-refractivity contribution in [2.24, 2.45) is 17.8 Å². The Labute approximate surface area is 175 Å². The summed E-state index contributed by atoms with van der Waals surface area (Å²) < 4.78 is 33.8. The molecular weight excluding hydrogens is 366 g/mol. The van der Waals surface area contributed by atoms with Gasteiger partial charge in [-0.15, -0.1) is 6.58 Å². The van der Waals surface area contributed by atoms with Crippen LogP contribution in [0.25, 0.3) is 0 Å². The van der Waals surface area contributed by atoms with Crippen LogP contribution >= 0.6 is 0 Å². The van der Waals surface area contributed by atoms with E-state index in [1.165, 1.54) is 32.1 Å². The van der Waals surface area contributed by atoms with E-state index in [9.17, 15) is 8.78 Å². The first-order valence-electron chi connectivity index (χ1n) is 11.5. The van der Waals surface area contributed by atoms with Crippen LogP contribution in [0.15, 0.2) is 36.9 Å². The van der Waals surface area contributed by atoms with E-state index in [1.54, 1.807) is 19.1 Å². The van der Waals surface area contributed by atoms with Gasteiger partial charge in [-0.25, -0.2) is 4.39 Å². The summed E-state index contributed by atoms with van der Waals surface area (Å²) in [7, 11) is 0. The second kappa shape index (κ2) is 10.9. The van der Waals surface area contributed by atoms with Gasteiger partial charge in [-0.2, -0.15) is 4.39 Å². The second-order valence-electron chi connectivity index (χ2n) is 8.89. The first kappa shape index (κ1) is 22.1. The molecule has 0 saturated heterocycles. The molecule has 2 aliphatic rings. The minimum absolute atomic E-state index is 0.0190. The number of halogens is 2. The molecule has 2 aliphatic carbocycles. The molecule has 1 nitrogen and oxygen atoms in total. The fraction of sp³-hybridized carbons (Fsp3) is 0.615. The van der Waals surface area contributed by atoms with Gasteiger partial charge in [0.05, 0.1) is 6.61 Å². The molecule has 0 aromatic heterocycles. The first-order chi connectivity index (χ1) is 14.1. The quantitative estimate of drug-likeness (QED) is 0.401. The molecule has 0 amide bonds. The van der Waals surface area contributed by atoms with E-state index in [0.29, 0.717) is 18.1 Å². The molecule has 160 valence electrons. The molecule has 29 heavy (non-hydrogen) atoms. The smallest absolute Gasteiger partial charge is 0.200 e. The van der Waals surface area contributed by atoms with E-state index in [4.69, 9.17) is 4.74 Å². The monoisotopic (exact) mass is 402 g/mol. The summed E-state index contributed by atoms with van der Waals surface area (Å²) in [6, 6.07) is 3.30. The van der Waals surface area contributed by atoms with Crippen LogP contribution in [0.2, 0.25) is 0 Å². The normalized spacial score (nSPS) is 27.8. The van der Waals surface area contributed by atoms with Gasteiger partial charge in [-0.3, -0.25) is 0 Å². The number of rotatable bonds is 8. The minimum atomic E-state index is -0.837. The van der Waals surface area contributed by atoms with Gasteiger partial charge >= 0.3 is 0 Å². The Kier molecular flexibility index (Phi) is 8.32. The summed E-state index contributed by atoms with van der Waals surface area (Å²) in [5.74, 6) is 0.845. The molecule has 0 spiro atoms. The average molecular weight is 403 g/mol. The van der Waals surface area contributed by atoms with Crippen LogP contribution in [0.4, 0.5) is 8.78 Å². The van der Waals surface area contributed by atoms with Crippen LogP contribution in [0.3, 0.4) is 0 Å². The van der Waals surface area contributed by atoms with Crippen molar-refractivity contribution < 1.29 is 13.5 Å². The minimum Gasteiger partial charge on any atom is -0.491 e. The summed E-state index contributed by atoms with van der Waals surface area (Å²) in [5, 5.41) is 0. The first-order valence-corrected chi connectivity index (χ1v) is 11.5. The van der Waals surface area contributed by atoms with E-state index in [1.807, 2.05) is 0 Å². The van der Waals surface area contributed by atoms with E-state index >= 15 is 0 Å². The molecular formula is C26H36F2O. The molecule has 0 radical (unpaired) electrons. The maximum atomic E-state index is 14.5. The molecule has 3 rings (SSSR count). The van der Waals surface area contributed by atoms with Gasteiger partial charge in [0.15, 0.2) is 11.6 Å². The van der Waals surface area contributed by atoms with E-state index < -0.39 is 11.6 Å². The maximum Gasteiger partial charge on any atom is 0.200 e. The SMILES string of the molecule is C=CC1CCC(CC=CCC2CCC(c3ccc(OCC)c(F)c3F)CC2)CC1. The van der Waals surface area contributed by atoms with Crippen LogP contribution in [-0.4, -0.2) is 6.61 Å². The Morgan fingerprint density at radius 2 is 1.48 bits per heavy atom. The van der Waals surface area contributed by atoms with Gasteiger partial charge in [0, 0.05) is 0 Å². The Morgan fingerprint density at radius 3 is 2.03 bits per heavy atom. The zero-order chi connectivity index (χ0) is 20.6. The third-order valence-corrected chi connectivity index (χ3v) is 6.99. The molecule has 0 heterocycles. The summed E-state index contributed by atoms with van der Waals surface area (Å²) in [6.45, 7) is 6.03. The number of benzene rings is 1. The number of hydrogen-bond acceptors (Lipinski definition) is 1. The Morgan fingerprint density at radius 1 is 0.897 bits per heavy atom. The summed E-state index contributed by atoms with van der Waals surface area (Å²) in [5.41, 5.74) is 0.523. The van der Waals surface area contributed by atoms with Crippen LogP contribution < -0.4 is 4.74 Å².